The number of aromatic nitrogens is 1. The second kappa shape index (κ2) is 4.20. The van der Waals surface area contributed by atoms with Gasteiger partial charge in [0.2, 0.25) is 5.95 Å². The van der Waals surface area contributed by atoms with Gasteiger partial charge in [-0.2, -0.15) is 4.39 Å². The van der Waals surface area contributed by atoms with Gasteiger partial charge in [-0.3, -0.25) is 4.79 Å². The standard InChI is InChI=1S/C12H15FN2O/c1-2-12(4-5-12)8-15-11(16)9-3-6-14-10(13)7-9/h3,6-7H,2,4-5,8H2,1H3,(H,15,16). The summed E-state index contributed by atoms with van der Waals surface area (Å²) < 4.78 is 12.8. The van der Waals surface area contributed by atoms with Crippen molar-refractivity contribution >= 4 is 5.91 Å². The van der Waals surface area contributed by atoms with E-state index in [2.05, 4.69) is 17.2 Å². The maximum atomic E-state index is 12.8. The minimum atomic E-state index is -0.621. The van der Waals surface area contributed by atoms with Crippen molar-refractivity contribution in [1.82, 2.24) is 10.3 Å². The van der Waals surface area contributed by atoms with Crippen LogP contribution in [0.25, 0.3) is 0 Å². The largest absolute Gasteiger partial charge is 0.351 e. The van der Waals surface area contributed by atoms with Crippen LogP contribution in [0.3, 0.4) is 0 Å². The normalized spacial score (nSPS) is 16.9. The van der Waals surface area contributed by atoms with Gasteiger partial charge in [-0.25, -0.2) is 4.98 Å². The van der Waals surface area contributed by atoms with E-state index in [1.165, 1.54) is 25.1 Å². The van der Waals surface area contributed by atoms with E-state index in [4.69, 9.17) is 0 Å². The molecule has 1 aliphatic rings. The SMILES string of the molecule is CCC1(CNC(=O)c2ccnc(F)c2)CC1. The lowest BCUT2D eigenvalue weighted by molar-refractivity contribution is 0.0943. The molecule has 86 valence electrons. The van der Waals surface area contributed by atoms with Gasteiger partial charge >= 0.3 is 0 Å². The second-order valence-electron chi connectivity index (χ2n) is 4.40. The first-order valence-corrected chi connectivity index (χ1v) is 5.55. The number of halogens is 1. The summed E-state index contributed by atoms with van der Waals surface area (Å²) in [6.45, 7) is 2.82. The zero-order valence-corrected chi connectivity index (χ0v) is 9.29. The van der Waals surface area contributed by atoms with Gasteiger partial charge in [0.15, 0.2) is 0 Å². The van der Waals surface area contributed by atoms with Crippen molar-refractivity contribution in [2.24, 2.45) is 5.41 Å². The fraction of sp³-hybridized carbons (Fsp3) is 0.500. The lowest BCUT2D eigenvalue weighted by Gasteiger charge is -2.13. The van der Waals surface area contributed by atoms with E-state index in [-0.39, 0.29) is 5.91 Å². The van der Waals surface area contributed by atoms with Crippen molar-refractivity contribution < 1.29 is 9.18 Å². The number of hydrogen-bond donors (Lipinski definition) is 1. The van der Waals surface area contributed by atoms with E-state index >= 15 is 0 Å². The Hall–Kier alpha value is -1.45. The van der Waals surface area contributed by atoms with Gasteiger partial charge in [-0.15, -0.1) is 0 Å². The fourth-order valence-electron chi connectivity index (χ4n) is 1.75. The van der Waals surface area contributed by atoms with E-state index in [0.717, 1.165) is 12.5 Å². The molecule has 0 aliphatic heterocycles. The molecule has 0 radical (unpaired) electrons. The smallest absolute Gasteiger partial charge is 0.251 e. The molecule has 0 saturated heterocycles. The molecule has 1 aromatic rings. The molecule has 1 heterocycles. The highest BCUT2D eigenvalue weighted by Gasteiger charge is 2.40. The molecule has 0 aromatic carbocycles. The van der Waals surface area contributed by atoms with Crippen LogP contribution < -0.4 is 5.32 Å². The fourth-order valence-corrected chi connectivity index (χ4v) is 1.75. The molecular weight excluding hydrogens is 207 g/mol. The molecule has 0 bridgehead atoms. The number of amides is 1. The van der Waals surface area contributed by atoms with Crippen molar-refractivity contribution in [3.05, 3.63) is 29.8 Å². The third-order valence-corrected chi connectivity index (χ3v) is 3.32. The number of rotatable bonds is 4. The van der Waals surface area contributed by atoms with E-state index in [9.17, 15) is 9.18 Å². The highest BCUT2D eigenvalue weighted by atomic mass is 19.1. The molecule has 1 aliphatic carbocycles. The number of carbonyl (C=O) groups is 1. The van der Waals surface area contributed by atoms with Crippen LogP contribution in [-0.4, -0.2) is 17.4 Å². The molecule has 1 fully saturated rings. The maximum absolute atomic E-state index is 12.8. The molecule has 3 nitrogen and oxygen atoms in total. The molecule has 2 rings (SSSR count). The summed E-state index contributed by atoms with van der Waals surface area (Å²) >= 11 is 0. The second-order valence-corrected chi connectivity index (χ2v) is 4.40. The van der Waals surface area contributed by atoms with Crippen molar-refractivity contribution in [3.8, 4) is 0 Å². The highest BCUT2D eigenvalue weighted by molar-refractivity contribution is 5.94. The number of pyridine rings is 1. The Morgan fingerprint density at radius 3 is 2.94 bits per heavy atom. The minimum absolute atomic E-state index is 0.221. The van der Waals surface area contributed by atoms with Crippen LogP contribution in [0.2, 0.25) is 0 Å². The maximum Gasteiger partial charge on any atom is 0.251 e. The van der Waals surface area contributed by atoms with E-state index < -0.39 is 5.95 Å². The van der Waals surface area contributed by atoms with Gasteiger partial charge in [0, 0.05) is 24.4 Å². The van der Waals surface area contributed by atoms with Gasteiger partial charge in [-0.05, 0) is 30.7 Å². The van der Waals surface area contributed by atoms with Gasteiger partial charge in [0.05, 0.1) is 0 Å². The minimum Gasteiger partial charge on any atom is -0.351 e. The predicted molar refractivity (Wildman–Crippen MR) is 58.5 cm³/mol. The number of nitrogens with zero attached hydrogens (tertiary/aromatic N) is 1. The van der Waals surface area contributed by atoms with Crippen molar-refractivity contribution in [2.75, 3.05) is 6.54 Å². The molecule has 0 spiro atoms. The van der Waals surface area contributed by atoms with Crippen LogP contribution in [0.4, 0.5) is 4.39 Å². The molecule has 0 unspecified atom stereocenters. The molecule has 1 aromatic heterocycles. The first-order valence-electron chi connectivity index (χ1n) is 5.55. The number of carbonyl (C=O) groups excluding carboxylic acids is 1. The Labute approximate surface area is 94.1 Å². The van der Waals surface area contributed by atoms with Crippen LogP contribution in [0.1, 0.15) is 36.5 Å². The van der Waals surface area contributed by atoms with Crippen molar-refractivity contribution in [1.29, 1.82) is 0 Å². The van der Waals surface area contributed by atoms with Crippen molar-refractivity contribution in [3.63, 3.8) is 0 Å². The third kappa shape index (κ3) is 2.38. The summed E-state index contributed by atoms with van der Waals surface area (Å²) in [5, 5.41) is 2.85. The quantitative estimate of drug-likeness (QED) is 0.793. The monoisotopic (exact) mass is 222 g/mol. The average Bonchev–Trinajstić information content (AvgIpc) is 3.07. The Morgan fingerprint density at radius 2 is 2.38 bits per heavy atom. The van der Waals surface area contributed by atoms with Gasteiger partial charge in [0.1, 0.15) is 0 Å². The molecule has 1 amide bonds. The molecule has 4 heteroatoms. The molecular formula is C12H15FN2O. The lowest BCUT2D eigenvalue weighted by Crippen LogP contribution is -2.30. The topological polar surface area (TPSA) is 42.0 Å². The van der Waals surface area contributed by atoms with Gasteiger partial charge in [-0.1, -0.05) is 6.92 Å². The van der Waals surface area contributed by atoms with Crippen LogP contribution in [0.15, 0.2) is 18.3 Å². The molecule has 1 N–H and O–H groups in total. The summed E-state index contributed by atoms with van der Waals surface area (Å²) in [4.78, 5) is 15.1. The summed E-state index contributed by atoms with van der Waals surface area (Å²) in [7, 11) is 0. The highest BCUT2D eigenvalue weighted by Crippen LogP contribution is 2.47. The predicted octanol–water partition coefficient (Wildman–Crippen LogP) is 2.14. The third-order valence-electron chi connectivity index (χ3n) is 3.32. The first kappa shape index (κ1) is 11.0. The van der Waals surface area contributed by atoms with E-state index in [1.807, 2.05) is 0 Å². The van der Waals surface area contributed by atoms with Crippen LogP contribution in [0.5, 0.6) is 0 Å². The van der Waals surface area contributed by atoms with Crippen molar-refractivity contribution in [2.45, 2.75) is 26.2 Å². The zero-order chi connectivity index (χ0) is 11.6. The van der Waals surface area contributed by atoms with Gasteiger partial charge < -0.3 is 5.32 Å². The summed E-state index contributed by atoms with van der Waals surface area (Å²) in [6.07, 6.45) is 4.73. The molecule has 0 atom stereocenters. The lowest BCUT2D eigenvalue weighted by atomic mass is 10.0. The van der Waals surface area contributed by atoms with E-state index in [1.54, 1.807) is 0 Å². The first-order chi connectivity index (χ1) is 7.65. The number of nitrogens with one attached hydrogen (secondary N) is 1. The Morgan fingerprint density at radius 1 is 1.62 bits per heavy atom. The van der Waals surface area contributed by atoms with Crippen LogP contribution >= 0.6 is 0 Å². The van der Waals surface area contributed by atoms with Crippen LogP contribution in [0, 0.1) is 11.4 Å². The van der Waals surface area contributed by atoms with Gasteiger partial charge in [0.25, 0.3) is 5.91 Å². The summed E-state index contributed by atoms with van der Waals surface area (Å²) in [5.41, 5.74) is 0.640. The zero-order valence-electron chi connectivity index (χ0n) is 9.29. The van der Waals surface area contributed by atoms with Crippen LogP contribution in [-0.2, 0) is 0 Å². The Bertz CT molecular complexity index is 402. The summed E-state index contributed by atoms with van der Waals surface area (Å²) in [6, 6.07) is 2.67. The molecule has 16 heavy (non-hydrogen) atoms. The average molecular weight is 222 g/mol. The molecule has 1 saturated carbocycles. The Balaban J connectivity index is 1.93. The summed E-state index contributed by atoms with van der Waals surface area (Å²) in [5.74, 6) is -0.842. The number of hydrogen-bond acceptors (Lipinski definition) is 2. The Kier molecular flexibility index (Phi) is 2.90. The van der Waals surface area contributed by atoms with E-state index in [0.29, 0.717) is 17.5 Å².